The summed E-state index contributed by atoms with van der Waals surface area (Å²) in [6, 6.07) is -1.03. The van der Waals surface area contributed by atoms with E-state index in [4.69, 9.17) is 5.11 Å². The first-order valence-corrected chi connectivity index (χ1v) is 5.69. The Morgan fingerprint density at radius 2 is 1.88 bits per heavy atom. The molecule has 0 aliphatic heterocycles. The van der Waals surface area contributed by atoms with Gasteiger partial charge in [0.15, 0.2) is 0 Å². The highest BCUT2D eigenvalue weighted by Crippen LogP contribution is 2.01. The highest BCUT2D eigenvalue weighted by molar-refractivity contribution is 5.83. The van der Waals surface area contributed by atoms with E-state index in [1.54, 1.807) is 6.92 Å². The van der Waals surface area contributed by atoms with Crippen molar-refractivity contribution < 1.29 is 24.2 Å². The molecule has 1 amide bonds. The molecule has 17 heavy (non-hydrogen) atoms. The lowest BCUT2D eigenvalue weighted by Gasteiger charge is -2.13. The first-order valence-electron chi connectivity index (χ1n) is 5.69. The Hall–Kier alpha value is -1.59. The lowest BCUT2D eigenvalue weighted by Crippen LogP contribution is -2.41. The molecule has 0 aromatic carbocycles. The van der Waals surface area contributed by atoms with Crippen molar-refractivity contribution in [3.05, 3.63) is 0 Å². The molecule has 98 valence electrons. The molecule has 0 radical (unpaired) electrons. The molecule has 6 nitrogen and oxygen atoms in total. The summed E-state index contributed by atoms with van der Waals surface area (Å²) in [5.74, 6) is -1.91. The summed E-state index contributed by atoms with van der Waals surface area (Å²) < 4.78 is 4.68. The molecule has 0 aromatic heterocycles. The fourth-order valence-corrected chi connectivity index (χ4v) is 1.25. The lowest BCUT2D eigenvalue weighted by atomic mass is 10.1. The van der Waals surface area contributed by atoms with Crippen LogP contribution in [0.1, 0.15) is 39.5 Å². The van der Waals surface area contributed by atoms with Crippen LogP contribution in [0.4, 0.5) is 0 Å². The number of ether oxygens (including phenoxy) is 1. The lowest BCUT2D eigenvalue weighted by molar-refractivity contribution is -0.145. The van der Waals surface area contributed by atoms with Crippen LogP contribution in [0.2, 0.25) is 0 Å². The highest BCUT2D eigenvalue weighted by atomic mass is 16.5. The van der Waals surface area contributed by atoms with Crippen LogP contribution in [-0.4, -0.2) is 35.6 Å². The van der Waals surface area contributed by atoms with E-state index in [1.807, 2.05) is 6.92 Å². The third-order valence-electron chi connectivity index (χ3n) is 2.05. The van der Waals surface area contributed by atoms with Gasteiger partial charge in [-0.15, -0.1) is 0 Å². The van der Waals surface area contributed by atoms with Crippen molar-refractivity contribution in [3.8, 4) is 0 Å². The Morgan fingerprint density at radius 3 is 2.35 bits per heavy atom. The second-order valence-electron chi connectivity index (χ2n) is 3.55. The van der Waals surface area contributed by atoms with Crippen LogP contribution < -0.4 is 5.32 Å². The van der Waals surface area contributed by atoms with Gasteiger partial charge in [0.25, 0.3) is 0 Å². The van der Waals surface area contributed by atoms with E-state index < -0.39 is 18.0 Å². The predicted molar refractivity (Wildman–Crippen MR) is 60.3 cm³/mol. The predicted octanol–water partition coefficient (Wildman–Crippen LogP) is 0.699. The molecule has 0 spiro atoms. The Kier molecular flexibility index (Phi) is 7.75. The summed E-state index contributed by atoms with van der Waals surface area (Å²) in [5.41, 5.74) is 0. The highest BCUT2D eigenvalue weighted by Gasteiger charge is 2.20. The molecule has 0 aliphatic carbocycles. The number of carbonyl (C=O) groups excluding carboxylic acids is 2. The molecule has 0 fully saturated rings. The summed E-state index contributed by atoms with van der Waals surface area (Å²) in [5, 5.41) is 11.2. The average Bonchev–Trinajstić information content (AvgIpc) is 2.24. The Balaban J connectivity index is 4.11. The standard InChI is InChI=1S/C11H19NO5/c1-3-5-9(13)12-8(11(15)16)6-7-10(14)17-4-2/h8H,3-7H2,1-2H3,(H,12,13)(H,15,16)/t8-/m0/s1. The van der Waals surface area contributed by atoms with Crippen molar-refractivity contribution in [3.63, 3.8) is 0 Å². The molecule has 0 saturated carbocycles. The van der Waals surface area contributed by atoms with Gasteiger partial charge < -0.3 is 15.2 Å². The van der Waals surface area contributed by atoms with Gasteiger partial charge in [-0.05, 0) is 19.8 Å². The molecule has 0 saturated heterocycles. The summed E-state index contributed by atoms with van der Waals surface area (Å²) in [4.78, 5) is 33.1. The van der Waals surface area contributed by atoms with Crippen molar-refractivity contribution in [2.24, 2.45) is 0 Å². The second kappa shape index (κ2) is 8.55. The van der Waals surface area contributed by atoms with Gasteiger partial charge in [0.2, 0.25) is 5.91 Å². The van der Waals surface area contributed by atoms with Gasteiger partial charge in [0.1, 0.15) is 6.04 Å². The number of rotatable bonds is 8. The molecule has 0 unspecified atom stereocenters. The van der Waals surface area contributed by atoms with E-state index in [9.17, 15) is 14.4 Å². The quantitative estimate of drug-likeness (QED) is 0.614. The number of amides is 1. The molecule has 0 aromatic rings. The fourth-order valence-electron chi connectivity index (χ4n) is 1.25. The number of hydrogen-bond donors (Lipinski definition) is 2. The number of aliphatic carboxylic acids is 1. The summed E-state index contributed by atoms with van der Waals surface area (Å²) in [6.45, 7) is 3.77. The third kappa shape index (κ3) is 7.32. The van der Waals surface area contributed by atoms with Crippen LogP contribution in [0.25, 0.3) is 0 Å². The largest absolute Gasteiger partial charge is 0.480 e. The van der Waals surface area contributed by atoms with Crippen LogP contribution >= 0.6 is 0 Å². The van der Waals surface area contributed by atoms with Gasteiger partial charge in [0.05, 0.1) is 6.61 Å². The van der Waals surface area contributed by atoms with E-state index in [0.29, 0.717) is 6.42 Å². The maximum atomic E-state index is 11.2. The van der Waals surface area contributed by atoms with Gasteiger partial charge in [-0.25, -0.2) is 4.79 Å². The number of hydrogen-bond acceptors (Lipinski definition) is 4. The SMILES string of the molecule is CCCC(=O)N[C@@H](CCC(=O)OCC)C(=O)O. The van der Waals surface area contributed by atoms with Crippen molar-refractivity contribution >= 4 is 17.8 Å². The molecule has 1 atom stereocenters. The fraction of sp³-hybridized carbons (Fsp3) is 0.727. The van der Waals surface area contributed by atoms with Crippen molar-refractivity contribution in [2.45, 2.75) is 45.6 Å². The van der Waals surface area contributed by atoms with Crippen molar-refractivity contribution in [1.82, 2.24) is 5.32 Å². The number of esters is 1. The molecule has 0 bridgehead atoms. The van der Waals surface area contributed by atoms with E-state index in [1.165, 1.54) is 0 Å². The first kappa shape index (κ1) is 15.4. The van der Waals surface area contributed by atoms with Crippen molar-refractivity contribution in [1.29, 1.82) is 0 Å². The normalized spacial score (nSPS) is 11.6. The number of carboxylic acids is 1. The minimum Gasteiger partial charge on any atom is -0.480 e. The summed E-state index contributed by atoms with van der Waals surface area (Å²) >= 11 is 0. The first-order chi connectivity index (χ1) is 8.01. The van der Waals surface area contributed by atoms with Gasteiger partial charge >= 0.3 is 11.9 Å². The van der Waals surface area contributed by atoms with Crippen LogP contribution in [-0.2, 0) is 19.1 Å². The smallest absolute Gasteiger partial charge is 0.326 e. The van der Waals surface area contributed by atoms with Gasteiger partial charge in [-0.2, -0.15) is 0 Å². The van der Waals surface area contributed by atoms with Crippen LogP contribution in [0.3, 0.4) is 0 Å². The number of carboxylic acid groups (broad SMARTS) is 1. The van der Waals surface area contributed by atoms with Gasteiger partial charge in [-0.1, -0.05) is 6.92 Å². The van der Waals surface area contributed by atoms with E-state index in [-0.39, 0.29) is 31.8 Å². The molecule has 0 rings (SSSR count). The monoisotopic (exact) mass is 245 g/mol. The van der Waals surface area contributed by atoms with Gasteiger partial charge in [-0.3, -0.25) is 9.59 Å². The van der Waals surface area contributed by atoms with E-state index >= 15 is 0 Å². The Labute approximate surface area is 100 Å². The zero-order valence-electron chi connectivity index (χ0n) is 10.2. The maximum absolute atomic E-state index is 11.2. The minimum absolute atomic E-state index is 0.0167. The molecule has 0 aliphatic rings. The van der Waals surface area contributed by atoms with Crippen LogP contribution in [0, 0.1) is 0 Å². The Morgan fingerprint density at radius 1 is 1.24 bits per heavy atom. The zero-order valence-corrected chi connectivity index (χ0v) is 10.2. The molecular formula is C11H19NO5. The molecular weight excluding hydrogens is 226 g/mol. The zero-order chi connectivity index (χ0) is 13.3. The minimum atomic E-state index is -1.14. The van der Waals surface area contributed by atoms with E-state index in [2.05, 4.69) is 10.1 Å². The van der Waals surface area contributed by atoms with Gasteiger partial charge in [0, 0.05) is 12.8 Å². The third-order valence-corrected chi connectivity index (χ3v) is 2.05. The van der Waals surface area contributed by atoms with Crippen LogP contribution in [0.15, 0.2) is 0 Å². The van der Waals surface area contributed by atoms with E-state index in [0.717, 1.165) is 0 Å². The number of nitrogens with one attached hydrogen (secondary N) is 1. The maximum Gasteiger partial charge on any atom is 0.326 e. The van der Waals surface area contributed by atoms with Crippen molar-refractivity contribution in [2.75, 3.05) is 6.61 Å². The Bertz CT molecular complexity index is 277. The summed E-state index contributed by atoms with van der Waals surface area (Å²) in [6.07, 6.45) is 0.958. The van der Waals surface area contributed by atoms with Crippen LogP contribution in [0.5, 0.6) is 0 Å². The second-order valence-corrected chi connectivity index (χ2v) is 3.55. The molecule has 2 N–H and O–H groups in total. The topological polar surface area (TPSA) is 92.7 Å². The molecule has 0 heterocycles. The average molecular weight is 245 g/mol. The summed E-state index contributed by atoms with van der Waals surface area (Å²) in [7, 11) is 0. The molecule has 6 heteroatoms. The number of carbonyl (C=O) groups is 3.